The summed E-state index contributed by atoms with van der Waals surface area (Å²) in [6, 6.07) is 38.3. The van der Waals surface area contributed by atoms with Crippen molar-refractivity contribution < 1.29 is 33.2 Å². The molecule has 0 amide bonds. The first-order chi connectivity index (χ1) is 24.2. The van der Waals surface area contributed by atoms with Crippen LogP contribution in [0.25, 0.3) is 11.1 Å². The fourth-order valence-electron chi connectivity index (χ4n) is 6.22. The van der Waals surface area contributed by atoms with E-state index in [0.29, 0.717) is 25.1 Å². The molecule has 260 valence electrons. The van der Waals surface area contributed by atoms with E-state index in [1.807, 2.05) is 84.7 Å². The highest BCUT2D eigenvalue weighted by atomic mass is 32.2. The molecule has 1 heterocycles. The summed E-state index contributed by atoms with van der Waals surface area (Å²) in [5.74, 6) is 0.108. The standard InChI is InChI=1S/C40H42N2O7S/c1-42(26-38(45)32-9-7-10-34(44)22-32)25-35-23-39(30-16-14-28(27-43)15-17-30)49-40(48-35)31-20-18-29(19-21-31)37-13-6-5-8-33(37)24-41-50(46,47)36-11-3-2-4-12-36/h2-22,35,38-41,43-45H,23-27H2,1H3/t35-,38-,39+,40+/m1/s1. The molecule has 1 aliphatic rings. The molecule has 4 atom stereocenters. The summed E-state index contributed by atoms with van der Waals surface area (Å²) in [6.45, 7) is 0.975. The SMILES string of the molecule is CN(C[C@H]1C[C@@H](c2ccc(CO)cc2)O[C@@H](c2ccc(-c3ccccc3CNS(=O)(=O)c3ccccc3)cc2)O1)C[C@@H](O)c1cccc(O)c1. The second-order valence-corrected chi connectivity index (χ2v) is 14.4. The van der Waals surface area contributed by atoms with Crippen LogP contribution in [-0.4, -0.2) is 54.9 Å². The molecule has 0 bridgehead atoms. The average Bonchev–Trinajstić information content (AvgIpc) is 3.14. The van der Waals surface area contributed by atoms with Crippen LogP contribution in [0.5, 0.6) is 5.75 Å². The molecule has 9 nitrogen and oxygen atoms in total. The van der Waals surface area contributed by atoms with E-state index < -0.39 is 22.4 Å². The van der Waals surface area contributed by atoms with Crippen LogP contribution in [0, 0.1) is 0 Å². The third-order valence-electron chi connectivity index (χ3n) is 8.89. The number of hydrogen-bond donors (Lipinski definition) is 4. The largest absolute Gasteiger partial charge is 0.508 e. The van der Waals surface area contributed by atoms with E-state index in [9.17, 15) is 23.7 Å². The Hall–Kier alpha value is -4.39. The zero-order chi connectivity index (χ0) is 35.1. The molecule has 5 aromatic rings. The molecule has 4 N–H and O–H groups in total. The lowest BCUT2D eigenvalue weighted by atomic mass is 9.97. The first kappa shape index (κ1) is 35.4. The molecule has 0 aliphatic carbocycles. The number of likely N-dealkylation sites (N-methyl/N-ethyl adjacent to an activating group) is 1. The van der Waals surface area contributed by atoms with E-state index >= 15 is 0 Å². The van der Waals surface area contributed by atoms with Gasteiger partial charge in [0, 0.05) is 31.6 Å². The number of aromatic hydroxyl groups is 1. The van der Waals surface area contributed by atoms with Gasteiger partial charge in [0.05, 0.1) is 29.8 Å². The lowest BCUT2D eigenvalue weighted by Crippen LogP contribution is -2.39. The van der Waals surface area contributed by atoms with Crippen molar-refractivity contribution >= 4 is 10.0 Å². The fourth-order valence-corrected chi connectivity index (χ4v) is 7.25. The van der Waals surface area contributed by atoms with Gasteiger partial charge in [0.1, 0.15) is 5.75 Å². The van der Waals surface area contributed by atoms with Gasteiger partial charge in [0.15, 0.2) is 6.29 Å². The molecule has 10 heteroatoms. The van der Waals surface area contributed by atoms with Gasteiger partial charge in [-0.3, -0.25) is 0 Å². The maximum atomic E-state index is 12.9. The summed E-state index contributed by atoms with van der Waals surface area (Å²) in [6.07, 6.45) is -1.35. The minimum Gasteiger partial charge on any atom is -0.508 e. The number of ether oxygens (including phenoxy) is 2. The number of nitrogens with one attached hydrogen (secondary N) is 1. The maximum absolute atomic E-state index is 12.9. The second kappa shape index (κ2) is 16.1. The van der Waals surface area contributed by atoms with Gasteiger partial charge in [-0.25, -0.2) is 13.1 Å². The van der Waals surface area contributed by atoms with Gasteiger partial charge in [0.25, 0.3) is 0 Å². The van der Waals surface area contributed by atoms with E-state index in [-0.39, 0.29) is 36.0 Å². The number of rotatable bonds is 13. The number of aliphatic hydroxyl groups is 2. The van der Waals surface area contributed by atoms with Crippen LogP contribution in [0.1, 0.15) is 52.7 Å². The number of aliphatic hydroxyl groups excluding tert-OH is 2. The summed E-state index contributed by atoms with van der Waals surface area (Å²) >= 11 is 0. The first-order valence-electron chi connectivity index (χ1n) is 16.6. The summed E-state index contributed by atoms with van der Waals surface area (Å²) in [7, 11) is -1.74. The molecule has 0 spiro atoms. The van der Waals surface area contributed by atoms with Crippen LogP contribution in [0.15, 0.2) is 132 Å². The third kappa shape index (κ3) is 8.85. The molecule has 6 rings (SSSR count). The summed E-state index contributed by atoms with van der Waals surface area (Å²) in [4.78, 5) is 2.23. The highest BCUT2D eigenvalue weighted by molar-refractivity contribution is 7.89. The van der Waals surface area contributed by atoms with Gasteiger partial charge in [-0.15, -0.1) is 0 Å². The number of hydrogen-bond acceptors (Lipinski definition) is 8. The minimum atomic E-state index is -3.67. The van der Waals surface area contributed by atoms with Crippen LogP contribution >= 0.6 is 0 Å². The Morgan fingerprint density at radius 3 is 2.26 bits per heavy atom. The lowest BCUT2D eigenvalue weighted by molar-refractivity contribution is -0.252. The molecule has 0 saturated carbocycles. The quantitative estimate of drug-likeness (QED) is 0.114. The lowest BCUT2D eigenvalue weighted by Gasteiger charge is -2.38. The molecule has 0 aromatic heterocycles. The Balaban J connectivity index is 1.18. The maximum Gasteiger partial charge on any atom is 0.240 e. The van der Waals surface area contributed by atoms with Gasteiger partial charge in [-0.2, -0.15) is 0 Å². The molecule has 0 radical (unpaired) electrons. The highest BCUT2D eigenvalue weighted by Crippen LogP contribution is 2.39. The molecule has 1 fully saturated rings. The van der Waals surface area contributed by atoms with Gasteiger partial charge < -0.3 is 29.7 Å². The summed E-state index contributed by atoms with van der Waals surface area (Å²) < 4.78 is 41.6. The summed E-state index contributed by atoms with van der Waals surface area (Å²) in [5, 5.41) is 30.3. The van der Waals surface area contributed by atoms with Crippen LogP contribution in [0.3, 0.4) is 0 Å². The molecule has 5 aromatic carbocycles. The first-order valence-corrected chi connectivity index (χ1v) is 18.1. The zero-order valence-corrected chi connectivity index (χ0v) is 28.6. The average molecular weight is 695 g/mol. The van der Waals surface area contributed by atoms with Crippen molar-refractivity contribution in [1.29, 1.82) is 0 Å². The predicted octanol–water partition coefficient (Wildman–Crippen LogP) is 6.24. The van der Waals surface area contributed by atoms with E-state index in [4.69, 9.17) is 9.47 Å². The molecule has 0 unspecified atom stereocenters. The van der Waals surface area contributed by atoms with E-state index in [2.05, 4.69) is 4.72 Å². The van der Waals surface area contributed by atoms with Crippen molar-refractivity contribution in [3.63, 3.8) is 0 Å². The Morgan fingerprint density at radius 2 is 1.54 bits per heavy atom. The third-order valence-corrected chi connectivity index (χ3v) is 10.3. The van der Waals surface area contributed by atoms with Crippen LogP contribution in [0.4, 0.5) is 0 Å². The van der Waals surface area contributed by atoms with Crippen molar-refractivity contribution in [3.8, 4) is 16.9 Å². The van der Waals surface area contributed by atoms with E-state index in [0.717, 1.165) is 33.4 Å². The van der Waals surface area contributed by atoms with Gasteiger partial charge in [-0.05, 0) is 64.7 Å². The van der Waals surface area contributed by atoms with Gasteiger partial charge in [-0.1, -0.05) is 103 Å². The number of phenolic OH excluding ortho intramolecular Hbond substituents is 1. The smallest absolute Gasteiger partial charge is 0.240 e. The normalized spacial score (nSPS) is 18.6. The highest BCUT2D eigenvalue weighted by Gasteiger charge is 2.33. The Bertz CT molecular complexity index is 1950. The Kier molecular flexibility index (Phi) is 11.4. The van der Waals surface area contributed by atoms with Crippen LogP contribution in [-0.2, 0) is 32.6 Å². The number of nitrogens with zero attached hydrogens (tertiary/aromatic N) is 1. The fraction of sp³-hybridized carbons (Fsp3) is 0.250. The number of benzene rings is 5. The van der Waals surface area contributed by atoms with Crippen molar-refractivity contribution in [2.24, 2.45) is 0 Å². The number of phenols is 1. The van der Waals surface area contributed by atoms with Gasteiger partial charge in [0.2, 0.25) is 10.0 Å². The van der Waals surface area contributed by atoms with Crippen molar-refractivity contribution in [3.05, 3.63) is 155 Å². The van der Waals surface area contributed by atoms with Crippen molar-refractivity contribution in [2.75, 3.05) is 20.1 Å². The van der Waals surface area contributed by atoms with Gasteiger partial charge >= 0.3 is 0 Å². The Labute approximate surface area is 293 Å². The molecular weight excluding hydrogens is 653 g/mol. The monoisotopic (exact) mass is 694 g/mol. The topological polar surface area (TPSA) is 129 Å². The Morgan fingerprint density at radius 1 is 0.840 bits per heavy atom. The molecule has 1 saturated heterocycles. The zero-order valence-electron chi connectivity index (χ0n) is 27.8. The number of sulfonamides is 1. The second-order valence-electron chi connectivity index (χ2n) is 12.6. The minimum absolute atomic E-state index is 0.0408. The van der Waals surface area contributed by atoms with E-state index in [1.54, 1.807) is 54.6 Å². The predicted molar refractivity (Wildman–Crippen MR) is 191 cm³/mol. The van der Waals surface area contributed by atoms with Crippen molar-refractivity contribution in [1.82, 2.24) is 9.62 Å². The van der Waals surface area contributed by atoms with Crippen molar-refractivity contribution in [2.45, 2.75) is 49.1 Å². The molecule has 1 aliphatic heterocycles. The van der Waals surface area contributed by atoms with Crippen LogP contribution < -0.4 is 4.72 Å². The molecule has 50 heavy (non-hydrogen) atoms. The summed E-state index contributed by atoms with van der Waals surface area (Å²) in [5.41, 5.74) is 5.94. The van der Waals surface area contributed by atoms with Crippen LogP contribution in [0.2, 0.25) is 0 Å². The van der Waals surface area contributed by atoms with E-state index in [1.165, 1.54) is 0 Å². The molecular formula is C40H42N2O7S.